The van der Waals surface area contributed by atoms with Gasteiger partial charge < -0.3 is 10.4 Å². The fourth-order valence-corrected chi connectivity index (χ4v) is 1.39. The smallest absolute Gasteiger partial charge is 0.223 e. The van der Waals surface area contributed by atoms with E-state index < -0.39 is 6.10 Å². The second-order valence-corrected chi connectivity index (χ2v) is 3.75. The molecule has 0 spiro atoms. The standard InChI is InChI=1S/C12H17NO2/c1-9(14)8-12(15)13-10(2)11-6-4-3-5-7-11/h3-7,9-10,14H,8H2,1-2H3,(H,13,15)/t9-,10+/m1/s1. The van der Waals surface area contributed by atoms with Crippen LogP contribution in [-0.4, -0.2) is 17.1 Å². The Morgan fingerprint density at radius 2 is 1.93 bits per heavy atom. The lowest BCUT2D eigenvalue weighted by Gasteiger charge is -2.14. The number of hydrogen-bond acceptors (Lipinski definition) is 2. The van der Waals surface area contributed by atoms with E-state index in [4.69, 9.17) is 5.11 Å². The van der Waals surface area contributed by atoms with E-state index in [1.54, 1.807) is 6.92 Å². The average molecular weight is 207 g/mol. The summed E-state index contributed by atoms with van der Waals surface area (Å²) in [4.78, 5) is 11.4. The van der Waals surface area contributed by atoms with Crippen molar-refractivity contribution >= 4 is 5.91 Å². The summed E-state index contributed by atoms with van der Waals surface area (Å²) >= 11 is 0. The van der Waals surface area contributed by atoms with Gasteiger partial charge in [-0.1, -0.05) is 30.3 Å². The second-order valence-electron chi connectivity index (χ2n) is 3.75. The summed E-state index contributed by atoms with van der Waals surface area (Å²) in [5.41, 5.74) is 1.07. The maximum atomic E-state index is 11.4. The Balaban J connectivity index is 2.49. The normalized spacial score (nSPS) is 14.3. The van der Waals surface area contributed by atoms with E-state index in [-0.39, 0.29) is 18.4 Å². The SMILES string of the molecule is C[C@H](NC(=O)C[C@@H](C)O)c1ccccc1. The zero-order valence-electron chi connectivity index (χ0n) is 9.10. The molecule has 0 radical (unpaired) electrons. The molecule has 15 heavy (non-hydrogen) atoms. The van der Waals surface area contributed by atoms with Gasteiger partial charge in [-0.25, -0.2) is 0 Å². The lowest BCUT2D eigenvalue weighted by molar-refractivity contribution is -0.123. The third-order valence-corrected chi connectivity index (χ3v) is 2.16. The summed E-state index contributed by atoms with van der Waals surface area (Å²) in [5, 5.41) is 11.9. The number of nitrogens with one attached hydrogen (secondary N) is 1. The minimum absolute atomic E-state index is 0.0163. The van der Waals surface area contributed by atoms with Crippen LogP contribution in [-0.2, 0) is 4.79 Å². The van der Waals surface area contributed by atoms with Crippen molar-refractivity contribution in [2.75, 3.05) is 0 Å². The molecule has 0 saturated heterocycles. The quantitative estimate of drug-likeness (QED) is 0.788. The fourth-order valence-electron chi connectivity index (χ4n) is 1.39. The highest BCUT2D eigenvalue weighted by molar-refractivity contribution is 5.76. The Kier molecular flexibility index (Phi) is 4.31. The van der Waals surface area contributed by atoms with Crippen LogP contribution >= 0.6 is 0 Å². The van der Waals surface area contributed by atoms with Crippen LogP contribution in [0.15, 0.2) is 30.3 Å². The Labute approximate surface area is 90.1 Å². The maximum absolute atomic E-state index is 11.4. The summed E-state index contributed by atoms with van der Waals surface area (Å²) in [6.45, 7) is 3.53. The molecule has 0 aliphatic carbocycles. The minimum Gasteiger partial charge on any atom is -0.393 e. The van der Waals surface area contributed by atoms with Gasteiger partial charge in [0.1, 0.15) is 0 Å². The van der Waals surface area contributed by atoms with E-state index in [9.17, 15) is 4.79 Å². The van der Waals surface area contributed by atoms with Gasteiger partial charge in [-0.3, -0.25) is 4.79 Å². The Morgan fingerprint density at radius 3 is 2.47 bits per heavy atom. The fraction of sp³-hybridized carbons (Fsp3) is 0.417. The molecule has 0 unspecified atom stereocenters. The lowest BCUT2D eigenvalue weighted by Crippen LogP contribution is -2.28. The number of aliphatic hydroxyl groups is 1. The Morgan fingerprint density at radius 1 is 1.33 bits per heavy atom. The maximum Gasteiger partial charge on any atom is 0.223 e. The molecule has 1 amide bonds. The van der Waals surface area contributed by atoms with Crippen LogP contribution in [0.1, 0.15) is 31.9 Å². The van der Waals surface area contributed by atoms with Gasteiger partial charge in [-0.2, -0.15) is 0 Å². The van der Waals surface area contributed by atoms with Gasteiger partial charge >= 0.3 is 0 Å². The minimum atomic E-state index is -0.590. The van der Waals surface area contributed by atoms with Crippen LogP contribution in [0, 0.1) is 0 Å². The van der Waals surface area contributed by atoms with Gasteiger partial charge in [0.15, 0.2) is 0 Å². The molecular formula is C12H17NO2. The third kappa shape index (κ3) is 4.13. The highest BCUT2D eigenvalue weighted by Gasteiger charge is 2.10. The number of carbonyl (C=O) groups is 1. The van der Waals surface area contributed by atoms with Gasteiger partial charge in [0.2, 0.25) is 5.91 Å². The predicted molar refractivity (Wildman–Crippen MR) is 59.3 cm³/mol. The molecule has 0 aliphatic rings. The molecule has 1 aromatic rings. The largest absolute Gasteiger partial charge is 0.393 e. The predicted octanol–water partition coefficient (Wildman–Crippen LogP) is 1.63. The van der Waals surface area contributed by atoms with E-state index in [1.165, 1.54) is 0 Å². The first kappa shape index (κ1) is 11.7. The first-order valence-corrected chi connectivity index (χ1v) is 5.12. The zero-order valence-corrected chi connectivity index (χ0v) is 9.10. The summed E-state index contributed by atoms with van der Waals surface area (Å²) in [7, 11) is 0. The molecule has 0 aliphatic heterocycles. The summed E-state index contributed by atoms with van der Waals surface area (Å²) in [6, 6.07) is 9.73. The number of hydrogen-bond donors (Lipinski definition) is 2. The van der Waals surface area contributed by atoms with Crippen molar-refractivity contribution in [1.82, 2.24) is 5.32 Å². The third-order valence-electron chi connectivity index (χ3n) is 2.16. The van der Waals surface area contributed by atoms with Crippen LogP contribution in [0.2, 0.25) is 0 Å². The average Bonchev–Trinajstić information content (AvgIpc) is 2.17. The monoisotopic (exact) mass is 207 g/mol. The van der Waals surface area contributed by atoms with Gasteiger partial charge in [-0.05, 0) is 19.4 Å². The first-order valence-electron chi connectivity index (χ1n) is 5.12. The Bertz CT molecular complexity index is 309. The van der Waals surface area contributed by atoms with Crippen molar-refractivity contribution in [3.05, 3.63) is 35.9 Å². The number of rotatable bonds is 4. The van der Waals surface area contributed by atoms with Crippen molar-refractivity contribution in [2.24, 2.45) is 0 Å². The molecule has 1 aromatic carbocycles. The first-order chi connectivity index (χ1) is 7.09. The van der Waals surface area contributed by atoms with Gasteiger partial charge in [0, 0.05) is 0 Å². The molecular weight excluding hydrogens is 190 g/mol. The van der Waals surface area contributed by atoms with Crippen LogP contribution in [0.4, 0.5) is 0 Å². The van der Waals surface area contributed by atoms with Crippen molar-refractivity contribution < 1.29 is 9.90 Å². The molecule has 0 heterocycles. The molecule has 2 N–H and O–H groups in total. The van der Waals surface area contributed by atoms with Gasteiger partial charge in [0.05, 0.1) is 18.6 Å². The van der Waals surface area contributed by atoms with E-state index in [2.05, 4.69) is 5.32 Å². The molecule has 0 aromatic heterocycles. The van der Waals surface area contributed by atoms with Crippen LogP contribution in [0.5, 0.6) is 0 Å². The number of benzene rings is 1. The van der Waals surface area contributed by atoms with E-state index in [1.807, 2.05) is 37.3 Å². The molecule has 0 saturated carbocycles. The highest BCUT2D eigenvalue weighted by atomic mass is 16.3. The molecule has 82 valence electrons. The van der Waals surface area contributed by atoms with Crippen molar-refractivity contribution in [1.29, 1.82) is 0 Å². The molecule has 3 heteroatoms. The molecule has 1 rings (SSSR count). The molecule has 3 nitrogen and oxygen atoms in total. The summed E-state index contributed by atoms with van der Waals surface area (Å²) in [6.07, 6.45) is -0.440. The number of amides is 1. The molecule has 0 bridgehead atoms. The molecule has 2 atom stereocenters. The van der Waals surface area contributed by atoms with Crippen LogP contribution in [0.25, 0.3) is 0 Å². The van der Waals surface area contributed by atoms with Gasteiger partial charge in [-0.15, -0.1) is 0 Å². The molecule has 0 fully saturated rings. The van der Waals surface area contributed by atoms with Gasteiger partial charge in [0.25, 0.3) is 0 Å². The zero-order chi connectivity index (χ0) is 11.3. The van der Waals surface area contributed by atoms with E-state index in [0.717, 1.165) is 5.56 Å². The van der Waals surface area contributed by atoms with Crippen molar-refractivity contribution in [3.63, 3.8) is 0 Å². The van der Waals surface area contributed by atoms with Crippen molar-refractivity contribution in [3.8, 4) is 0 Å². The number of carbonyl (C=O) groups excluding carboxylic acids is 1. The number of aliphatic hydroxyl groups excluding tert-OH is 1. The summed E-state index contributed by atoms with van der Waals surface area (Å²) < 4.78 is 0. The van der Waals surface area contributed by atoms with E-state index in [0.29, 0.717) is 0 Å². The highest BCUT2D eigenvalue weighted by Crippen LogP contribution is 2.11. The summed E-state index contributed by atoms with van der Waals surface area (Å²) in [5.74, 6) is -0.124. The van der Waals surface area contributed by atoms with E-state index >= 15 is 0 Å². The second kappa shape index (κ2) is 5.51. The Hall–Kier alpha value is -1.35. The topological polar surface area (TPSA) is 49.3 Å². The van der Waals surface area contributed by atoms with Crippen LogP contribution < -0.4 is 5.32 Å². The van der Waals surface area contributed by atoms with Crippen molar-refractivity contribution in [2.45, 2.75) is 32.4 Å². The lowest BCUT2D eigenvalue weighted by atomic mass is 10.1. The van der Waals surface area contributed by atoms with Crippen LogP contribution in [0.3, 0.4) is 0 Å².